The van der Waals surface area contributed by atoms with Gasteiger partial charge in [0, 0.05) is 44.5 Å². The van der Waals surface area contributed by atoms with E-state index in [4.69, 9.17) is 0 Å². The zero-order valence-corrected chi connectivity index (χ0v) is 18.4. The van der Waals surface area contributed by atoms with E-state index in [9.17, 15) is 14.4 Å². The molecule has 0 bridgehead atoms. The van der Waals surface area contributed by atoms with Crippen LogP contribution in [-0.4, -0.2) is 32.0 Å². The number of hydrogen-bond donors (Lipinski definition) is 3. The van der Waals surface area contributed by atoms with Gasteiger partial charge in [0.2, 0.25) is 5.91 Å². The molecule has 32 heavy (non-hydrogen) atoms. The second kappa shape index (κ2) is 9.72. The summed E-state index contributed by atoms with van der Waals surface area (Å²) in [5.74, 6) is -0.294. The number of amides is 2. The van der Waals surface area contributed by atoms with Crippen LogP contribution in [0.1, 0.15) is 15.9 Å². The highest BCUT2D eigenvalue weighted by Gasteiger charge is 2.11. The summed E-state index contributed by atoms with van der Waals surface area (Å²) in [5, 5.41) is 10.00. The summed E-state index contributed by atoms with van der Waals surface area (Å²) in [6, 6.07) is 19.8. The van der Waals surface area contributed by atoms with Crippen molar-refractivity contribution in [3.05, 3.63) is 88.1 Å². The summed E-state index contributed by atoms with van der Waals surface area (Å²) in [4.78, 5) is 37.4. The highest BCUT2D eigenvalue weighted by Crippen LogP contribution is 2.25. The highest BCUT2D eigenvalue weighted by molar-refractivity contribution is 7.24. The van der Waals surface area contributed by atoms with Crippen LogP contribution in [0.5, 0.6) is 0 Å². The van der Waals surface area contributed by atoms with Gasteiger partial charge in [0.05, 0.1) is 6.42 Å². The fraction of sp³-hybridized carbons (Fsp3) is 0.160. The number of hydrogen-bond acceptors (Lipinski definition) is 5. The Kier molecular flexibility index (Phi) is 6.58. The van der Waals surface area contributed by atoms with Gasteiger partial charge >= 0.3 is 0 Å². The lowest BCUT2D eigenvalue weighted by molar-refractivity contribution is -0.120. The van der Waals surface area contributed by atoms with E-state index in [1.807, 2.05) is 43.4 Å². The molecule has 162 valence electrons. The van der Waals surface area contributed by atoms with E-state index in [2.05, 4.69) is 16.0 Å². The normalized spacial score (nSPS) is 10.9. The van der Waals surface area contributed by atoms with Crippen LogP contribution in [-0.2, 0) is 11.2 Å². The number of carbonyl (C=O) groups excluding carboxylic acids is 2. The Hall–Kier alpha value is -3.55. The zero-order valence-electron chi connectivity index (χ0n) is 17.6. The van der Waals surface area contributed by atoms with Gasteiger partial charge < -0.3 is 16.0 Å². The third-order valence-electron chi connectivity index (χ3n) is 5.11. The maximum Gasteiger partial charge on any atom is 0.255 e. The molecule has 0 aliphatic heterocycles. The number of carbonyl (C=O) groups is 2. The molecule has 0 saturated heterocycles. The van der Waals surface area contributed by atoms with Gasteiger partial charge in [0.1, 0.15) is 0 Å². The molecule has 3 aromatic carbocycles. The van der Waals surface area contributed by atoms with Gasteiger partial charge in [-0.05, 0) is 55.1 Å². The summed E-state index contributed by atoms with van der Waals surface area (Å²) in [7, 11) is 1.83. The molecule has 0 saturated carbocycles. The van der Waals surface area contributed by atoms with E-state index < -0.39 is 0 Å². The molecule has 1 aromatic heterocycles. The van der Waals surface area contributed by atoms with Crippen LogP contribution < -0.4 is 21.4 Å². The van der Waals surface area contributed by atoms with Crippen LogP contribution in [0.25, 0.3) is 20.2 Å². The Morgan fingerprint density at radius 1 is 0.875 bits per heavy atom. The maximum atomic E-state index is 12.8. The van der Waals surface area contributed by atoms with Crippen LogP contribution in [0.3, 0.4) is 0 Å². The third-order valence-corrected chi connectivity index (χ3v) is 6.25. The summed E-state index contributed by atoms with van der Waals surface area (Å²) in [5.41, 5.74) is 1.97. The minimum absolute atomic E-state index is 0.0214. The molecule has 4 rings (SSSR count). The van der Waals surface area contributed by atoms with Crippen LogP contribution in [0.15, 0.2) is 71.5 Å². The first-order valence-corrected chi connectivity index (χ1v) is 11.1. The molecule has 0 fully saturated rings. The molecule has 0 atom stereocenters. The average Bonchev–Trinajstić information content (AvgIpc) is 2.80. The van der Waals surface area contributed by atoms with Crippen LogP contribution >= 0.6 is 11.3 Å². The van der Waals surface area contributed by atoms with Crippen molar-refractivity contribution in [3.8, 4) is 0 Å². The van der Waals surface area contributed by atoms with E-state index in [0.29, 0.717) is 28.6 Å². The minimum Gasteiger partial charge on any atom is -0.355 e. The Bertz CT molecular complexity index is 1350. The van der Waals surface area contributed by atoms with E-state index in [0.717, 1.165) is 21.5 Å². The van der Waals surface area contributed by atoms with Crippen molar-refractivity contribution in [3.63, 3.8) is 0 Å². The summed E-state index contributed by atoms with van der Waals surface area (Å²) >= 11 is 1.50. The Labute approximate surface area is 189 Å². The Morgan fingerprint density at radius 2 is 1.62 bits per heavy atom. The van der Waals surface area contributed by atoms with E-state index in [1.54, 1.807) is 30.3 Å². The predicted octanol–water partition coefficient (Wildman–Crippen LogP) is 3.55. The molecule has 0 aliphatic carbocycles. The van der Waals surface area contributed by atoms with Gasteiger partial charge in [0.25, 0.3) is 5.91 Å². The SMILES string of the molecule is CNCCNC(=O)Cc1ccc(NC(=O)c2ccc3c(=O)c4ccccc4sc3c2)cc1. The number of benzene rings is 3. The Morgan fingerprint density at radius 3 is 2.41 bits per heavy atom. The molecular weight excluding hydrogens is 422 g/mol. The summed E-state index contributed by atoms with van der Waals surface area (Å²) < 4.78 is 1.68. The van der Waals surface area contributed by atoms with Gasteiger partial charge in [-0.25, -0.2) is 0 Å². The first-order chi connectivity index (χ1) is 15.5. The van der Waals surface area contributed by atoms with Crippen molar-refractivity contribution in [2.45, 2.75) is 6.42 Å². The quantitative estimate of drug-likeness (QED) is 0.300. The predicted molar refractivity (Wildman–Crippen MR) is 131 cm³/mol. The maximum absolute atomic E-state index is 12.8. The fourth-order valence-corrected chi connectivity index (χ4v) is 4.54. The molecule has 0 radical (unpaired) electrons. The van der Waals surface area contributed by atoms with Crippen molar-refractivity contribution < 1.29 is 9.59 Å². The van der Waals surface area contributed by atoms with Gasteiger partial charge in [-0.1, -0.05) is 24.3 Å². The summed E-state index contributed by atoms with van der Waals surface area (Å²) in [6.07, 6.45) is 0.287. The molecule has 0 spiro atoms. The minimum atomic E-state index is -0.253. The molecule has 4 aromatic rings. The molecule has 7 heteroatoms. The van der Waals surface area contributed by atoms with Crippen molar-refractivity contribution in [2.24, 2.45) is 0 Å². The zero-order chi connectivity index (χ0) is 22.5. The molecule has 1 heterocycles. The van der Waals surface area contributed by atoms with E-state index in [-0.39, 0.29) is 23.7 Å². The number of likely N-dealkylation sites (N-methyl/N-ethyl adjacent to an activating group) is 1. The van der Waals surface area contributed by atoms with E-state index >= 15 is 0 Å². The standard InChI is InChI=1S/C25H23N3O3S/c1-26-12-13-27-23(29)14-16-6-9-18(10-7-16)28-25(31)17-8-11-20-22(15-17)32-21-5-3-2-4-19(21)24(20)30/h2-11,15,26H,12-14H2,1H3,(H,27,29)(H,28,31). The number of fused-ring (bicyclic) bond motifs is 2. The lowest BCUT2D eigenvalue weighted by Crippen LogP contribution is -2.31. The average molecular weight is 446 g/mol. The monoisotopic (exact) mass is 445 g/mol. The highest BCUT2D eigenvalue weighted by atomic mass is 32.1. The fourth-order valence-electron chi connectivity index (χ4n) is 3.43. The lowest BCUT2D eigenvalue weighted by atomic mass is 10.1. The molecule has 2 amide bonds. The topological polar surface area (TPSA) is 87.3 Å². The summed E-state index contributed by atoms with van der Waals surface area (Å²) in [6.45, 7) is 1.30. The lowest BCUT2D eigenvalue weighted by Gasteiger charge is -2.08. The van der Waals surface area contributed by atoms with Crippen molar-refractivity contribution in [1.29, 1.82) is 0 Å². The van der Waals surface area contributed by atoms with E-state index in [1.165, 1.54) is 11.3 Å². The molecular formula is C25H23N3O3S. The Balaban J connectivity index is 1.47. The second-order valence-electron chi connectivity index (χ2n) is 7.42. The van der Waals surface area contributed by atoms with Crippen LogP contribution in [0, 0.1) is 0 Å². The van der Waals surface area contributed by atoms with Gasteiger partial charge in [-0.15, -0.1) is 11.3 Å². The molecule has 0 unspecified atom stereocenters. The smallest absolute Gasteiger partial charge is 0.255 e. The van der Waals surface area contributed by atoms with Gasteiger partial charge in [-0.2, -0.15) is 0 Å². The first kappa shape index (κ1) is 21.7. The largest absolute Gasteiger partial charge is 0.355 e. The second-order valence-corrected chi connectivity index (χ2v) is 8.50. The molecule has 0 aliphatic rings. The van der Waals surface area contributed by atoms with Gasteiger partial charge in [0.15, 0.2) is 5.43 Å². The van der Waals surface area contributed by atoms with Crippen LogP contribution in [0.2, 0.25) is 0 Å². The van der Waals surface area contributed by atoms with Crippen LogP contribution in [0.4, 0.5) is 5.69 Å². The van der Waals surface area contributed by atoms with Crippen molar-refractivity contribution in [2.75, 3.05) is 25.5 Å². The first-order valence-electron chi connectivity index (χ1n) is 10.3. The van der Waals surface area contributed by atoms with Crippen molar-refractivity contribution in [1.82, 2.24) is 10.6 Å². The van der Waals surface area contributed by atoms with Gasteiger partial charge in [-0.3, -0.25) is 14.4 Å². The third kappa shape index (κ3) is 4.85. The molecule has 6 nitrogen and oxygen atoms in total. The number of nitrogens with one attached hydrogen (secondary N) is 3. The van der Waals surface area contributed by atoms with Crippen molar-refractivity contribution >= 4 is 49.0 Å². The number of rotatable bonds is 7. The molecule has 3 N–H and O–H groups in total. The number of anilines is 1.